The molecule has 168 valence electrons. The van der Waals surface area contributed by atoms with Crippen LogP contribution in [-0.2, 0) is 6.54 Å². The summed E-state index contributed by atoms with van der Waals surface area (Å²) in [4.78, 5) is 34.5. The number of Topliss-reactive ketones (excluding diaryl/α,β-unsaturated/α-hetero) is 1. The number of nitrogens with one attached hydrogen (secondary N) is 1. The molecular weight excluding hydrogens is 410 g/mol. The second kappa shape index (κ2) is 9.41. The molecule has 0 fully saturated rings. The highest BCUT2D eigenvalue weighted by Crippen LogP contribution is 2.26. The van der Waals surface area contributed by atoms with Gasteiger partial charge >= 0.3 is 0 Å². The van der Waals surface area contributed by atoms with E-state index in [1.165, 1.54) is 6.92 Å². The average molecular weight is 440 g/mol. The van der Waals surface area contributed by atoms with Gasteiger partial charge in [0.15, 0.2) is 5.78 Å². The van der Waals surface area contributed by atoms with Gasteiger partial charge in [-0.15, -0.1) is 0 Å². The molecule has 0 aliphatic carbocycles. The fourth-order valence-corrected chi connectivity index (χ4v) is 4.10. The van der Waals surface area contributed by atoms with Crippen molar-refractivity contribution in [3.8, 4) is 11.1 Å². The summed E-state index contributed by atoms with van der Waals surface area (Å²) in [5.74, 6) is 0.873. The van der Waals surface area contributed by atoms with Crippen LogP contribution in [0.5, 0.6) is 0 Å². The van der Waals surface area contributed by atoms with Crippen LogP contribution in [0.3, 0.4) is 0 Å². The van der Waals surface area contributed by atoms with Gasteiger partial charge in [0.2, 0.25) is 0 Å². The summed E-state index contributed by atoms with van der Waals surface area (Å²) < 4.78 is 0. The zero-order chi connectivity index (χ0) is 23.5. The van der Waals surface area contributed by atoms with Crippen molar-refractivity contribution < 1.29 is 9.59 Å². The van der Waals surface area contributed by atoms with E-state index in [9.17, 15) is 9.59 Å². The van der Waals surface area contributed by atoms with E-state index in [4.69, 9.17) is 0 Å². The Morgan fingerprint density at radius 2 is 1.58 bits per heavy atom. The quantitative estimate of drug-likeness (QED) is 0.354. The molecule has 0 saturated heterocycles. The van der Waals surface area contributed by atoms with E-state index < -0.39 is 0 Å². The molecule has 1 aromatic heterocycles. The molecule has 3 aromatic carbocycles. The predicted octanol–water partition coefficient (Wildman–Crippen LogP) is 6.10. The molecule has 1 heterocycles. The van der Waals surface area contributed by atoms with Crippen LogP contribution in [0.1, 0.15) is 57.9 Å². The van der Waals surface area contributed by atoms with Crippen molar-refractivity contribution in [3.63, 3.8) is 0 Å². The number of hydrogen-bond acceptors (Lipinski definition) is 3. The Morgan fingerprint density at radius 3 is 2.27 bits per heavy atom. The molecule has 1 amide bonds. The highest BCUT2D eigenvalue weighted by molar-refractivity contribution is 5.97. The van der Waals surface area contributed by atoms with Crippen LogP contribution in [0.15, 0.2) is 60.7 Å². The number of nitrogens with zero attached hydrogens (tertiary/aromatic N) is 2. The van der Waals surface area contributed by atoms with E-state index in [1.807, 2.05) is 17.9 Å². The normalized spacial score (nSPS) is 11.0. The number of aromatic nitrogens is 2. The lowest BCUT2D eigenvalue weighted by molar-refractivity contribution is 0.0742. The van der Waals surface area contributed by atoms with E-state index in [0.29, 0.717) is 24.2 Å². The molecule has 0 bridgehead atoms. The molecule has 1 N–H and O–H groups in total. The van der Waals surface area contributed by atoms with Crippen LogP contribution in [0.2, 0.25) is 0 Å². The van der Waals surface area contributed by atoms with Crippen molar-refractivity contribution in [1.82, 2.24) is 14.9 Å². The largest absolute Gasteiger partial charge is 0.342 e. The molecule has 0 aliphatic rings. The first-order valence-electron chi connectivity index (χ1n) is 11.3. The van der Waals surface area contributed by atoms with E-state index in [1.54, 1.807) is 24.3 Å². The fraction of sp³-hybridized carbons (Fsp3) is 0.250. The lowest BCUT2D eigenvalue weighted by Gasteiger charge is -2.24. The number of aryl methyl sites for hydroxylation is 2. The number of carbonyl (C=O) groups excluding carboxylic acids is 2. The number of fused-ring (bicyclic) bond motifs is 1. The molecule has 5 nitrogen and oxygen atoms in total. The number of amides is 1. The maximum atomic E-state index is 13.3. The number of aromatic amines is 1. The Labute approximate surface area is 194 Å². The highest BCUT2D eigenvalue weighted by atomic mass is 16.2. The van der Waals surface area contributed by atoms with Gasteiger partial charge in [-0.1, -0.05) is 37.3 Å². The van der Waals surface area contributed by atoms with Crippen LogP contribution in [-0.4, -0.2) is 33.1 Å². The van der Waals surface area contributed by atoms with Crippen LogP contribution in [0, 0.1) is 13.8 Å². The average Bonchev–Trinajstić information content (AvgIpc) is 3.19. The summed E-state index contributed by atoms with van der Waals surface area (Å²) in [5, 5.41) is 0. The highest BCUT2D eigenvalue weighted by Gasteiger charge is 2.17. The van der Waals surface area contributed by atoms with E-state index in [0.717, 1.165) is 45.5 Å². The lowest BCUT2D eigenvalue weighted by Crippen LogP contribution is -2.31. The second-order valence-corrected chi connectivity index (χ2v) is 8.56. The number of benzene rings is 3. The van der Waals surface area contributed by atoms with Gasteiger partial charge in [0.05, 0.1) is 11.0 Å². The molecule has 0 unspecified atom stereocenters. The Kier molecular flexibility index (Phi) is 6.40. The Hall–Kier alpha value is -3.73. The molecule has 0 aliphatic heterocycles. The smallest absolute Gasteiger partial charge is 0.254 e. The van der Waals surface area contributed by atoms with Crippen LogP contribution < -0.4 is 0 Å². The summed E-state index contributed by atoms with van der Waals surface area (Å²) in [6.45, 7) is 8.83. The van der Waals surface area contributed by atoms with Crippen molar-refractivity contribution in [2.45, 2.75) is 40.7 Å². The van der Waals surface area contributed by atoms with Crippen LogP contribution in [0.4, 0.5) is 0 Å². The first-order chi connectivity index (χ1) is 15.9. The van der Waals surface area contributed by atoms with Gasteiger partial charge in [-0.3, -0.25) is 9.59 Å². The maximum absolute atomic E-state index is 13.3. The first-order valence-corrected chi connectivity index (χ1v) is 11.3. The third-order valence-corrected chi connectivity index (χ3v) is 5.96. The summed E-state index contributed by atoms with van der Waals surface area (Å²) in [6.07, 6.45) is 0.867. The van der Waals surface area contributed by atoms with Crippen molar-refractivity contribution >= 4 is 22.7 Å². The number of ketones is 1. The second-order valence-electron chi connectivity index (χ2n) is 8.56. The Bertz CT molecular complexity index is 1320. The number of carbonyl (C=O) groups is 2. The molecule has 0 radical (unpaired) electrons. The molecular formula is C28H29N3O2. The predicted molar refractivity (Wildman–Crippen MR) is 132 cm³/mol. The fourth-order valence-electron chi connectivity index (χ4n) is 4.10. The molecule has 5 heteroatoms. The molecule has 4 aromatic rings. The van der Waals surface area contributed by atoms with E-state index in [2.05, 4.69) is 54.1 Å². The summed E-state index contributed by atoms with van der Waals surface area (Å²) in [6, 6.07) is 19.6. The van der Waals surface area contributed by atoms with Gasteiger partial charge in [-0.25, -0.2) is 4.98 Å². The molecule has 4 rings (SSSR count). The van der Waals surface area contributed by atoms with Gasteiger partial charge in [0.1, 0.15) is 5.82 Å². The van der Waals surface area contributed by atoms with Crippen molar-refractivity contribution in [2.75, 3.05) is 6.54 Å². The maximum Gasteiger partial charge on any atom is 0.254 e. The number of hydrogen-bond donors (Lipinski definition) is 1. The lowest BCUT2D eigenvalue weighted by atomic mass is 9.98. The monoisotopic (exact) mass is 439 g/mol. The van der Waals surface area contributed by atoms with Crippen LogP contribution >= 0.6 is 0 Å². The minimum atomic E-state index is -0.0221. The van der Waals surface area contributed by atoms with E-state index >= 15 is 0 Å². The SMILES string of the molecule is CCCN(Cc1cc(-c2ccc3nc(C)[nH]c3c2)ccc1C)C(=O)c1ccc(C(C)=O)cc1. The third-order valence-electron chi connectivity index (χ3n) is 5.96. The minimum absolute atomic E-state index is 0.00432. The minimum Gasteiger partial charge on any atom is -0.342 e. The van der Waals surface area contributed by atoms with Crippen molar-refractivity contribution in [2.24, 2.45) is 0 Å². The van der Waals surface area contributed by atoms with Crippen molar-refractivity contribution in [3.05, 3.63) is 88.7 Å². The summed E-state index contributed by atoms with van der Waals surface area (Å²) in [5.41, 5.74) is 7.68. The van der Waals surface area contributed by atoms with Gasteiger partial charge in [0.25, 0.3) is 5.91 Å². The van der Waals surface area contributed by atoms with Crippen molar-refractivity contribution in [1.29, 1.82) is 0 Å². The summed E-state index contributed by atoms with van der Waals surface area (Å²) >= 11 is 0. The van der Waals surface area contributed by atoms with Crippen LogP contribution in [0.25, 0.3) is 22.2 Å². The Morgan fingerprint density at radius 1 is 0.909 bits per heavy atom. The van der Waals surface area contributed by atoms with Gasteiger partial charge in [-0.2, -0.15) is 0 Å². The van der Waals surface area contributed by atoms with Gasteiger partial charge in [-0.05, 0) is 79.8 Å². The number of imidazole rings is 1. The topological polar surface area (TPSA) is 66.1 Å². The molecule has 0 spiro atoms. The molecule has 0 atom stereocenters. The number of H-pyrrole nitrogens is 1. The summed E-state index contributed by atoms with van der Waals surface area (Å²) in [7, 11) is 0. The zero-order valence-electron chi connectivity index (χ0n) is 19.6. The molecule has 0 saturated carbocycles. The first kappa shape index (κ1) is 22.5. The standard InChI is InChI=1S/C28H29N3O2/c1-5-14-31(28(33)22-10-8-21(9-11-22)19(3)32)17-25-15-23(7-6-18(25)2)24-12-13-26-27(16-24)30-20(4)29-26/h6-13,15-16H,5,14,17H2,1-4H3,(H,29,30). The Balaban J connectivity index is 1.62. The van der Waals surface area contributed by atoms with Gasteiger partial charge < -0.3 is 9.88 Å². The molecule has 33 heavy (non-hydrogen) atoms. The third kappa shape index (κ3) is 4.87. The van der Waals surface area contributed by atoms with E-state index in [-0.39, 0.29) is 11.7 Å². The zero-order valence-corrected chi connectivity index (χ0v) is 19.6. The number of rotatable bonds is 7. The van der Waals surface area contributed by atoms with Gasteiger partial charge in [0, 0.05) is 24.2 Å².